The number of nitrogens with zero attached hydrogens (tertiary/aromatic N) is 3. The number of nitrogens with one attached hydrogen (secondary N) is 1. The first-order valence-electron chi connectivity index (χ1n) is 9.06. The van der Waals surface area contributed by atoms with Gasteiger partial charge in [-0.2, -0.15) is 14.0 Å². The summed E-state index contributed by atoms with van der Waals surface area (Å²) in [5, 5.41) is 11.4. The van der Waals surface area contributed by atoms with Crippen LogP contribution >= 0.6 is 11.6 Å². The molecule has 0 saturated heterocycles. The van der Waals surface area contributed by atoms with Crippen molar-refractivity contribution < 1.29 is 18.3 Å². The highest BCUT2D eigenvalue weighted by Gasteiger charge is 2.35. The maximum absolute atomic E-state index is 13.3. The van der Waals surface area contributed by atoms with E-state index in [9.17, 15) is 13.6 Å². The van der Waals surface area contributed by atoms with Crippen LogP contribution in [0, 0.1) is 11.3 Å². The van der Waals surface area contributed by atoms with Gasteiger partial charge in [0.2, 0.25) is 0 Å². The molecule has 0 unspecified atom stereocenters. The standard InChI is InChI=1S/C20H19ClF2N4O2/c1-11(27-19(28)20(2,22)23)17(14-9-25-18(26-10-14)13-4-5-13)29-16-6-3-12(8-24)7-15(16)21/h3,6-7,9-11,13,17H,4-5H2,1-2H3,(H,27,28)/t11-,17-/m0/s1. The summed E-state index contributed by atoms with van der Waals surface area (Å²) in [6, 6.07) is 5.60. The topological polar surface area (TPSA) is 87.9 Å². The Bertz CT molecular complexity index is 937. The van der Waals surface area contributed by atoms with Gasteiger partial charge in [0.25, 0.3) is 5.91 Å². The molecular weight excluding hydrogens is 402 g/mol. The number of hydrogen-bond donors (Lipinski definition) is 1. The van der Waals surface area contributed by atoms with Gasteiger partial charge in [-0.1, -0.05) is 11.6 Å². The lowest BCUT2D eigenvalue weighted by Crippen LogP contribution is -2.46. The van der Waals surface area contributed by atoms with E-state index in [-0.39, 0.29) is 10.8 Å². The summed E-state index contributed by atoms with van der Waals surface area (Å²) in [4.78, 5) is 20.4. The minimum absolute atomic E-state index is 0.184. The Hall–Kier alpha value is -2.79. The highest BCUT2D eigenvalue weighted by atomic mass is 35.5. The van der Waals surface area contributed by atoms with Gasteiger partial charge in [-0.05, 0) is 38.0 Å². The number of carbonyl (C=O) groups excluding carboxylic acids is 1. The number of benzene rings is 1. The first-order valence-corrected chi connectivity index (χ1v) is 9.43. The fourth-order valence-electron chi connectivity index (χ4n) is 2.72. The van der Waals surface area contributed by atoms with Crippen LogP contribution < -0.4 is 10.1 Å². The van der Waals surface area contributed by atoms with E-state index in [1.54, 1.807) is 19.3 Å². The molecule has 1 aliphatic carbocycles. The first kappa shape index (κ1) is 20.9. The van der Waals surface area contributed by atoms with Crippen LogP contribution in [0.5, 0.6) is 5.75 Å². The second-order valence-electron chi connectivity index (χ2n) is 7.09. The summed E-state index contributed by atoms with van der Waals surface area (Å²) < 4.78 is 32.6. The number of alkyl halides is 2. The molecule has 1 saturated carbocycles. The van der Waals surface area contributed by atoms with E-state index >= 15 is 0 Å². The molecule has 1 amide bonds. The molecular formula is C20H19ClF2N4O2. The fraction of sp³-hybridized carbons (Fsp3) is 0.400. The molecule has 1 fully saturated rings. The van der Waals surface area contributed by atoms with Gasteiger partial charge in [-0.15, -0.1) is 0 Å². The molecule has 3 rings (SSSR count). The Morgan fingerprint density at radius 2 is 2.03 bits per heavy atom. The van der Waals surface area contributed by atoms with Crippen molar-refractivity contribution in [3.05, 3.63) is 52.6 Å². The van der Waals surface area contributed by atoms with Crippen LogP contribution in [0.15, 0.2) is 30.6 Å². The number of carbonyl (C=O) groups is 1. The van der Waals surface area contributed by atoms with Crippen LogP contribution in [0.1, 0.15) is 55.7 Å². The molecule has 1 aromatic heterocycles. The smallest absolute Gasteiger partial charge is 0.321 e. The molecule has 152 valence electrons. The van der Waals surface area contributed by atoms with Crippen LogP contribution in [0.2, 0.25) is 5.02 Å². The van der Waals surface area contributed by atoms with Crippen LogP contribution in [-0.2, 0) is 4.79 Å². The average molecular weight is 421 g/mol. The third-order valence-electron chi connectivity index (χ3n) is 4.49. The van der Waals surface area contributed by atoms with Crippen molar-refractivity contribution in [3.63, 3.8) is 0 Å². The van der Waals surface area contributed by atoms with E-state index in [0.717, 1.165) is 18.7 Å². The van der Waals surface area contributed by atoms with Crippen molar-refractivity contribution in [2.24, 2.45) is 0 Å². The average Bonchev–Trinajstić information content (AvgIpc) is 3.51. The molecule has 2 atom stereocenters. The van der Waals surface area contributed by atoms with E-state index in [4.69, 9.17) is 21.6 Å². The monoisotopic (exact) mass is 420 g/mol. The van der Waals surface area contributed by atoms with E-state index in [1.165, 1.54) is 18.2 Å². The van der Waals surface area contributed by atoms with Crippen molar-refractivity contribution in [2.45, 2.75) is 50.7 Å². The maximum Gasteiger partial charge on any atom is 0.321 e. The van der Waals surface area contributed by atoms with Crippen LogP contribution in [0.3, 0.4) is 0 Å². The van der Waals surface area contributed by atoms with Crippen molar-refractivity contribution >= 4 is 17.5 Å². The minimum Gasteiger partial charge on any atom is -0.482 e. The van der Waals surface area contributed by atoms with Crippen molar-refractivity contribution in [1.82, 2.24) is 15.3 Å². The third kappa shape index (κ3) is 5.18. The van der Waals surface area contributed by atoms with Gasteiger partial charge in [0.05, 0.1) is 22.7 Å². The second-order valence-corrected chi connectivity index (χ2v) is 7.50. The lowest BCUT2D eigenvalue weighted by molar-refractivity contribution is -0.144. The molecule has 6 nitrogen and oxygen atoms in total. The number of halogens is 3. The summed E-state index contributed by atoms with van der Waals surface area (Å²) in [5.74, 6) is -3.63. The largest absolute Gasteiger partial charge is 0.482 e. The van der Waals surface area contributed by atoms with E-state index < -0.39 is 24.0 Å². The number of amides is 1. The Balaban J connectivity index is 1.88. The lowest BCUT2D eigenvalue weighted by Gasteiger charge is -2.27. The first-order chi connectivity index (χ1) is 13.7. The molecule has 2 aromatic rings. The molecule has 1 N–H and O–H groups in total. The number of ether oxygens (including phenoxy) is 1. The quantitative estimate of drug-likeness (QED) is 0.726. The predicted octanol–water partition coefficient (Wildman–Crippen LogP) is 4.16. The van der Waals surface area contributed by atoms with Gasteiger partial charge in [0.1, 0.15) is 17.7 Å². The molecule has 0 radical (unpaired) electrons. The Kier molecular flexibility index (Phi) is 5.99. The number of rotatable bonds is 7. The van der Waals surface area contributed by atoms with E-state index in [1.807, 2.05) is 6.07 Å². The maximum atomic E-state index is 13.3. The summed E-state index contributed by atoms with van der Waals surface area (Å²) in [7, 11) is 0. The molecule has 9 heteroatoms. The van der Waals surface area contributed by atoms with E-state index in [0.29, 0.717) is 24.0 Å². The van der Waals surface area contributed by atoms with Crippen LogP contribution in [-0.4, -0.2) is 27.8 Å². The normalized spacial score (nSPS) is 15.9. The zero-order valence-electron chi connectivity index (χ0n) is 15.8. The van der Waals surface area contributed by atoms with Crippen LogP contribution in [0.4, 0.5) is 8.78 Å². The van der Waals surface area contributed by atoms with Gasteiger partial charge < -0.3 is 10.1 Å². The minimum atomic E-state index is -3.53. The lowest BCUT2D eigenvalue weighted by atomic mass is 10.1. The Labute approximate surface area is 171 Å². The molecule has 0 aliphatic heterocycles. The SMILES string of the molecule is C[C@H](NC(=O)C(C)(F)F)[C@H](Oc1ccc(C#N)cc1Cl)c1cnc(C2CC2)nc1. The van der Waals surface area contributed by atoms with Gasteiger partial charge in [0.15, 0.2) is 0 Å². The second kappa shape index (κ2) is 8.29. The summed E-state index contributed by atoms with van der Waals surface area (Å²) >= 11 is 6.18. The Morgan fingerprint density at radius 3 is 2.55 bits per heavy atom. The van der Waals surface area contributed by atoms with Gasteiger partial charge in [0, 0.05) is 30.8 Å². The van der Waals surface area contributed by atoms with Crippen molar-refractivity contribution in [1.29, 1.82) is 5.26 Å². The van der Waals surface area contributed by atoms with Crippen molar-refractivity contribution in [3.8, 4) is 11.8 Å². The fourth-order valence-corrected chi connectivity index (χ4v) is 2.94. The molecule has 0 spiro atoms. The zero-order chi connectivity index (χ0) is 21.2. The van der Waals surface area contributed by atoms with E-state index in [2.05, 4.69) is 15.3 Å². The number of aromatic nitrogens is 2. The summed E-state index contributed by atoms with van der Waals surface area (Å²) in [6.07, 6.45) is 4.33. The zero-order valence-corrected chi connectivity index (χ0v) is 16.6. The summed E-state index contributed by atoms with van der Waals surface area (Å²) in [6.45, 7) is 2.07. The molecule has 1 aromatic carbocycles. The van der Waals surface area contributed by atoms with Gasteiger partial charge >= 0.3 is 5.92 Å². The van der Waals surface area contributed by atoms with Crippen molar-refractivity contribution in [2.75, 3.05) is 0 Å². The third-order valence-corrected chi connectivity index (χ3v) is 4.78. The molecule has 0 bridgehead atoms. The Morgan fingerprint density at radius 1 is 1.38 bits per heavy atom. The molecule has 1 heterocycles. The number of hydrogen-bond acceptors (Lipinski definition) is 5. The molecule has 29 heavy (non-hydrogen) atoms. The highest BCUT2D eigenvalue weighted by Crippen LogP contribution is 2.38. The summed E-state index contributed by atoms with van der Waals surface area (Å²) in [5.41, 5.74) is 0.852. The highest BCUT2D eigenvalue weighted by molar-refractivity contribution is 6.32. The van der Waals surface area contributed by atoms with Gasteiger partial charge in [-0.3, -0.25) is 4.79 Å². The predicted molar refractivity (Wildman–Crippen MR) is 102 cm³/mol. The van der Waals surface area contributed by atoms with Gasteiger partial charge in [-0.25, -0.2) is 9.97 Å². The molecule has 1 aliphatic rings. The van der Waals surface area contributed by atoms with Crippen LogP contribution in [0.25, 0.3) is 0 Å². The number of nitriles is 1.